The van der Waals surface area contributed by atoms with Crippen LogP contribution in [0.4, 0.5) is 4.39 Å². The molecule has 1 rings (SSSR count). The lowest BCUT2D eigenvalue weighted by Gasteiger charge is -2.05. The molecule has 1 aromatic carbocycles. The number of thiocarbonyl (C=S) groups is 1. The smallest absolute Gasteiger partial charge is 0.224 e. The van der Waals surface area contributed by atoms with Gasteiger partial charge in [0, 0.05) is 13.0 Å². The molecule has 0 aliphatic heterocycles. The Balaban J connectivity index is 2.40. The molecule has 0 aromatic heterocycles. The van der Waals surface area contributed by atoms with Gasteiger partial charge in [-0.2, -0.15) is 0 Å². The van der Waals surface area contributed by atoms with Crippen LogP contribution in [0, 0.1) is 5.82 Å². The topological polar surface area (TPSA) is 55.1 Å². The zero-order valence-electron chi connectivity index (χ0n) is 8.70. The fourth-order valence-corrected chi connectivity index (χ4v) is 1.30. The van der Waals surface area contributed by atoms with Crippen LogP contribution in [0.3, 0.4) is 0 Å². The molecule has 16 heavy (non-hydrogen) atoms. The van der Waals surface area contributed by atoms with Gasteiger partial charge in [0.15, 0.2) is 0 Å². The lowest BCUT2D eigenvalue weighted by atomic mass is 10.1. The Kier molecular flexibility index (Phi) is 4.85. The van der Waals surface area contributed by atoms with Gasteiger partial charge in [0.05, 0.1) is 11.4 Å². The average Bonchev–Trinajstić information content (AvgIpc) is 2.21. The van der Waals surface area contributed by atoms with Crippen molar-refractivity contribution in [1.29, 1.82) is 0 Å². The molecule has 0 atom stereocenters. The van der Waals surface area contributed by atoms with Crippen LogP contribution in [0.25, 0.3) is 0 Å². The lowest BCUT2D eigenvalue weighted by molar-refractivity contribution is -0.120. The summed E-state index contributed by atoms with van der Waals surface area (Å²) in [6.45, 7) is 0.391. The maximum atomic E-state index is 13.2. The Hall–Kier alpha value is -1.49. The van der Waals surface area contributed by atoms with Gasteiger partial charge in [0.1, 0.15) is 5.82 Å². The second kappa shape index (κ2) is 6.17. The van der Waals surface area contributed by atoms with E-state index in [2.05, 4.69) is 17.5 Å². The van der Waals surface area contributed by atoms with Crippen LogP contribution in [-0.4, -0.2) is 17.4 Å². The molecule has 0 aliphatic carbocycles. The van der Waals surface area contributed by atoms with E-state index in [1.807, 2.05) is 0 Å². The first kappa shape index (κ1) is 12.6. The van der Waals surface area contributed by atoms with E-state index < -0.39 is 0 Å². The van der Waals surface area contributed by atoms with Crippen molar-refractivity contribution in [1.82, 2.24) is 5.32 Å². The van der Waals surface area contributed by atoms with E-state index >= 15 is 0 Å². The first-order valence-corrected chi connectivity index (χ1v) is 5.29. The zero-order chi connectivity index (χ0) is 12.0. The van der Waals surface area contributed by atoms with Crippen molar-refractivity contribution in [2.45, 2.75) is 12.8 Å². The summed E-state index contributed by atoms with van der Waals surface area (Å²) in [6, 6.07) is 6.20. The summed E-state index contributed by atoms with van der Waals surface area (Å²) in [5, 5.41) is 2.62. The maximum Gasteiger partial charge on any atom is 0.224 e. The average molecular weight is 240 g/mol. The molecule has 3 N–H and O–H groups in total. The van der Waals surface area contributed by atoms with Crippen molar-refractivity contribution in [3.8, 4) is 0 Å². The van der Waals surface area contributed by atoms with Crippen molar-refractivity contribution in [3.05, 3.63) is 35.6 Å². The normalized spacial score (nSPS) is 9.81. The lowest BCUT2D eigenvalue weighted by Crippen LogP contribution is -2.28. The molecule has 0 saturated heterocycles. The minimum atomic E-state index is -0.369. The molecular formula is C11H13FN2OS. The molecule has 0 radical (unpaired) electrons. The van der Waals surface area contributed by atoms with Gasteiger partial charge in [-0.1, -0.05) is 30.4 Å². The highest BCUT2D eigenvalue weighted by molar-refractivity contribution is 7.80. The second-order valence-corrected chi connectivity index (χ2v) is 3.86. The van der Waals surface area contributed by atoms with Gasteiger partial charge in [0.2, 0.25) is 5.91 Å². The van der Waals surface area contributed by atoms with Crippen molar-refractivity contribution in [2.75, 3.05) is 6.54 Å². The summed E-state index contributed by atoms with van der Waals surface area (Å²) in [5.41, 5.74) is 5.66. The van der Waals surface area contributed by atoms with E-state index in [9.17, 15) is 9.18 Å². The van der Waals surface area contributed by atoms with Gasteiger partial charge in [-0.25, -0.2) is 4.39 Å². The number of benzene rings is 1. The fraction of sp³-hybridized carbons (Fsp3) is 0.273. The van der Waals surface area contributed by atoms with Gasteiger partial charge in [-0.05, 0) is 11.6 Å². The number of nitrogens with one attached hydrogen (secondary N) is 1. The predicted molar refractivity (Wildman–Crippen MR) is 64.5 cm³/mol. The monoisotopic (exact) mass is 240 g/mol. The Labute approximate surface area is 98.8 Å². The Bertz CT molecular complexity index is 395. The molecule has 0 unspecified atom stereocenters. The van der Waals surface area contributed by atoms with Crippen molar-refractivity contribution >= 4 is 23.1 Å². The van der Waals surface area contributed by atoms with Crippen LogP contribution < -0.4 is 11.1 Å². The maximum absolute atomic E-state index is 13.2. The van der Waals surface area contributed by atoms with Crippen molar-refractivity contribution in [2.24, 2.45) is 5.73 Å². The molecule has 0 heterocycles. The number of carbonyl (C=O) groups excluding carboxylic acids is 1. The highest BCUT2D eigenvalue weighted by Gasteiger charge is 2.06. The van der Waals surface area contributed by atoms with Crippen LogP contribution in [0.2, 0.25) is 0 Å². The van der Waals surface area contributed by atoms with E-state index in [4.69, 9.17) is 5.73 Å². The van der Waals surface area contributed by atoms with Crippen molar-refractivity contribution < 1.29 is 9.18 Å². The van der Waals surface area contributed by atoms with E-state index in [0.29, 0.717) is 23.5 Å². The minimum Gasteiger partial charge on any atom is -0.393 e. The molecule has 0 fully saturated rings. The number of carbonyl (C=O) groups is 1. The van der Waals surface area contributed by atoms with E-state index in [-0.39, 0.29) is 18.1 Å². The molecule has 0 saturated carbocycles. The van der Waals surface area contributed by atoms with Gasteiger partial charge in [-0.15, -0.1) is 0 Å². The standard InChI is InChI=1S/C11H13FN2OS/c12-9-4-2-1-3-8(9)7-11(15)14-6-5-10(13)16/h1-4H,5-7H2,(H2,13,16)(H,14,15). The number of halogens is 1. The SMILES string of the molecule is NC(=S)CCNC(=O)Cc1ccccc1F. The third kappa shape index (κ3) is 4.35. The Morgan fingerprint density at radius 3 is 2.75 bits per heavy atom. The fourth-order valence-electron chi connectivity index (χ4n) is 1.20. The van der Waals surface area contributed by atoms with E-state index in [1.54, 1.807) is 18.2 Å². The molecule has 3 nitrogen and oxygen atoms in total. The number of hydrogen-bond donors (Lipinski definition) is 2. The number of amides is 1. The highest BCUT2D eigenvalue weighted by atomic mass is 32.1. The van der Waals surface area contributed by atoms with Gasteiger partial charge in [0.25, 0.3) is 0 Å². The van der Waals surface area contributed by atoms with Crippen LogP contribution in [-0.2, 0) is 11.2 Å². The summed E-state index contributed by atoms with van der Waals surface area (Å²) in [7, 11) is 0. The predicted octanol–water partition coefficient (Wildman–Crippen LogP) is 1.16. The molecular weight excluding hydrogens is 227 g/mol. The summed E-state index contributed by atoms with van der Waals surface area (Å²) in [6.07, 6.45) is 0.488. The minimum absolute atomic E-state index is 0.0318. The number of rotatable bonds is 5. The number of nitrogens with two attached hydrogens (primary N) is 1. The van der Waals surface area contributed by atoms with Crippen LogP contribution in [0.5, 0.6) is 0 Å². The molecule has 0 aliphatic rings. The molecule has 0 bridgehead atoms. The first-order valence-electron chi connectivity index (χ1n) is 4.88. The van der Waals surface area contributed by atoms with Crippen LogP contribution >= 0.6 is 12.2 Å². The third-order valence-electron chi connectivity index (χ3n) is 2.00. The summed E-state index contributed by atoms with van der Waals surface area (Å²) >= 11 is 4.66. The second-order valence-electron chi connectivity index (χ2n) is 3.33. The van der Waals surface area contributed by atoms with Crippen molar-refractivity contribution in [3.63, 3.8) is 0 Å². The molecule has 1 amide bonds. The van der Waals surface area contributed by atoms with Gasteiger partial charge < -0.3 is 11.1 Å². The van der Waals surface area contributed by atoms with Gasteiger partial charge >= 0.3 is 0 Å². The quantitative estimate of drug-likeness (QED) is 0.759. The molecule has 5 heteroatoms. The van der Waals surface area contributed by atoms with Gasteiger partial charge in [-0.3, -0.25) is 4.79 Å². The molecule has 1 aromatic rings. The third-order valence-corrected chi connectivity index (χ3v) is 2.21. The Morgan fingerprint density at radius 1 is 1.44 bits per heavy atom. The zero-order valence-corrected chi connectivity index (χ0v) is 9.52. The molecule has 86 valence electrons. The van der Waals surface area contributed by atoms with E-state index in [1.165, 1.54) is 6.07 Å². The molecule has 0 spiro atoms. The van der Waals surface area contributed by atoms with E-state index in [0.717, 1.165) is 0 Å². The summed E-state index contributed by atoms with van der Waals surface area (Å²) < 4.78 is 13.2. The summed E-state index contributed by atoms with van der Waals surface area (Å²) in [5.74, 6) is -0.603. The Morgan fingerprint density at radius 2 is 2.12 bits per heavy atom. The largest absolute Gasteiger partial charge is 0.393 e. The highest BCUT2D eigenvalue weighted by Crippen LogP contribution is 2.06. The summed E-state index contributed by atoms with van der Waals surface area (Å²) in [4.78, 5) is 11.7. The van der Waals surface area contributed by atoms with Crippen LogP contribution in [0.1, 0.15) is 12.0 Å². The first-order chi connectivity index (χ1) is 7.59. The van der Waals surface area contributed by atoms with Crippen LogP contribution in [0.15, 0.2) is 24.3 Å². The number of hydrogen-bond acceptors (Lipinski definition) is 2.